The van der Waals surface area contributed by atoms with E-state index >= 15 is 0 Å². The van der Waals surface area contributed by atoms with E-state index in [0.717, 1.165) is 11.8 Å². The Labute approximate surface area is 115 Å². The van der Waals surface area contributed by atoms with Crippen molar-refractivity contribution in [3.63, 3.8) is 0 Å². The maximum atomic E-state index is 3.66. The van der Waals surface area contributed by atoms with E-state index in [1.165, 1.54) is 51.9 Å². The van der Waals surface area contributed by atoms with Gasteiger partial charge in [-0.2, -0.15) is 0 Å². The summed E-state index contributed by atoms with van der Waals surface area (Å²) in [5.41, 5.74) is 0.264. The fraction of sp³-hybridized carbons (Fsp3) is 1.00. The summed E-state index contributed by atoms with van der Waals surface area (Å²) in [4.78, 5) is 2.68. The monoisotopic (exact) mass is 254 g/mol. The van der Waals surface area contributed by atoms with Crippen molar-refractivity contribution in [3.05, 3.63) is 0 Å². The molecule has 1 unspecified atom stereocenters. The van der Waals surface area contributed by atoms with Gasteiger partial charge in [-0.05, 0) is 77.9 Å². The molecule has 1 rings (SSSR count). The van der Waals surface area contributed by atoms with Crippen molar-refractivity contribution in [1.29, 1.82) is 0 Å². The minimum Gasteiger partial charge on any atom is -0.312 e. The largest absolute Gasteiger partial charge is 0.312 e. The molecule has 0 aromatic heterocycles. The van der Waals surface area contributed by atoms with Gasteiger partial charge in [-0.15, -0.1) is 0 Å². The first-order chi connectivity index (χ1) is 8.37. The van der Waals surface area contributed by atoms with E-state index in [1.807, 2.05) is 0 Å². The van der Waals surface area contributed by atoms with Crippen LogP contribution in [0.15, 0.2) is 0 Å². The second kappa shape index (κ2) is 7.49. The number of hydrogen-bond acceptors (Lipinski definition) is 2. The van der Waals surface area contributed by atoms with Gasteiger partial charge < -0.3 is 10.2 Å². The Bertz CT molecular complexity index is 218. The van der Waals surface area contributed by atoms with Gasteiger partial charge in [0.2, 0.25) is 0 Å². The molecule has 18 heavy (non-hydrogen) atoms. The van der Waals surface area contributed by atoms with E-state index < -0.39 is 0 Å². The number of likely N-dealkylation sites (tertiary alicyclic amines) is 1. The van der Waals surface area contributed by atoms with Crippen molar-refractivity contribution in [2.75, 3.05) is 26.2 Å². The van der Waals surface area contributed by atoms with Gasteiger partial charge >= 0.3 is 0 Å². The first-order valence-electron chi connectivity index (χ1n) is 7.84. The van der Waals surface area contributed by atoms with Crippen LogP contribution in [0.2, 0.25) is 0 Å². The summed E-state index contributed by atoms with van der Waals surface area (Å²) in [7, 11) is 0. The van der Waals surface area contributed by atoms with Crippen LogP contribution < -0.4 is 5.32 Å². The van der Waals surface area contributed by atoms with Crippen molar-refractivity contribution in [1.82, 2.24) is 10.2 Å². The molecule has 108 valence electrons. The number of piperidine rings is 1. The van der Waals surface area contributed by atoms with Crippen LogP contribution in [-0.2, 0) is 0 Å². The van der Waals surface area contributed by atoms with Crippen LogP contribution >= 0.6 is 0 Å². The summed E-state index contributed by atoms with van der Waals surface area (Å²) in [6, 6.07) is 0. The van der Waals surface area contributed by atoms with Gasteiger partial charge in [0.25, 0.3) is 0 Å². The molecular formula is C16H34N2. The van der Waals surface area contributed by atoms with Crippen molar-refractivity contribution in [2.45, 2.75) is 65.8 Å². The van der Waals surface area contributed by atoms with E-state index in [1.54, 1.807) is 0 Å². The number of nitrogens with one attached hydrogen (secondary N) is 1. The van der Waals surface area contributed by atoms with Crippen molar-refractivity contribution < 1.29 is 0 Å². The molecule has 2 heteroatoms. The lowest BCUT2D eigenvalue weighted by molar-refractivity contribution is 0.162. The second-order valence-corrected chi connectivity index (χ2v) is 7.48. The molecule has 1 aliphatic rings. The van der Waals surface area contributed by atoms with Crippen LogP contribution in [0.3, 0.4) is 0 Å². The van der Waals surface area contributed by atoms with Gasteiger partial charge in [0.05, 0.1) is 0 Å². The Morgan fingerprint density at radius 1 is 1.28 bits per heavy atom. The predicted molar refractivity (Wildman–Crippen MR) is 81.0 cm³/mol. The molecule has 2 nitrogen and oxygen atoms in total. The zero-order chi connectivity index (χ0) is 13.6. The van der Waals surface area contributed by atoms with Crippen molar-refractivity contribution in [3.8, 4) is 0 Å². The third kappa shape index (κ3) is 7.38. The van der Waals surface area contributed by atoms with Gasteiger partial charge in [-0.25, -0.2) is 0 Å². The Balaban J connectivity index is 2.19. The highest BCUT2D eigenvalue weighted by molar-refractivity contribution is 4.78. The number of nitrogens with zero attached hydrogens (tertiary/aromatic N) is 1. The van der Waals surface area contributed by atoms with E-state index in [0.29, 0.717) is 0 Å². The summed E-state index contributed by atoms with van der Waals surface area (Å²) in [6.07, 6.45) is 5.54. The van der Waals surface area contributed by atoms with Crippen molar-refractivity contribution >= 4 is 0 Å². The number of rotatable bonds is 6. The highest BCUT2D eigenvalue weighted by Crippen LogP contribution is 2.17. The first-order valence-corrected chi connectivity index (χ1v) is 7.84. The standard InChI is InChI=1S/C16H34N2/c1-14(2)8-6-10-18-11-7-9-15(13-18)12-17-16(3,4)5/h14-15,17H,6-13H2,1-5H3. The highest BCUT2D eigenvalue weighted by atomic mass is 15.1. The average Bonchev–Trinajstić information content (AvgIpc) is 2.26. The molecule has 1 aliphatic heterocycles. The average molecular weight is 254 g/mol. The van der Waals surface area contributed by atoms with Gasteiger partial charge in [0.15, 0.2) is 0 Å². The zero-order valence-electron chi connectivity index (χ0n) is 13.3. The maximum absolute atomic E-state index is 3.66. The Morgan fingerprint density at radius 2 is 2.00 bits per heavy atom. The fourth-order valence-corrected chi connectivity index (χ4v) is 2.69. The minimum atomic E-state index is 0.264. The summed E-state index contributed by atoms with van der Waals surface area (Å²) >= 11 is 0. The van der Waals surface area contributed by atoms with E-state index in [4.69, 9.17) is 0 Å². The molecule has 1 N–H and O–H groups in total. The van der Waals surface area contributed by atoms with Crippen LogP contribution in [-0.4, -0.2) is 36.6 Å². The van der Waals surface area contributed by atoms with Gasteiger partial charge in [0.1, 0.15) is 0 Å². The molecule has 1 heterocycles. The SMILES string of the molecule is CC(C)CCCN1CCCC(CNC(C)(C)C)C1. The summed E-state index contributed by atoms with van der Waals surface area (Å²) < 4.78 is 0. The molecule has 0 aromatic carbocycles. The summed E-state index contributed by atoms with van der Waals surface area (Å²) in [5.74, 6) is 1.71. The normalized spacial score (nSPS) is 22.7. The van der Waals surface area contributed by atoms with Crippen LogP contribution in [0, 0.1) is 11.8 Å². The van der Waals surface area contributed by atoms with Crippen LogP contribution in [0.25, 0.3) is 0 Å². The Hall–Kier alpha value is -0.0800. The number of hydrogen-bond donors (Lipinski definition) is 1. The molecule has 0 radical (unpaired) electrons. The summed E-state index contributed by atoms with van der Waals surface area (Å²) in [5, 5.41) is 3.66. The lowest BCUT2D eigenvalue weighted by atomic mass is 9.96. The van der Waals surface area contributed by atoms with Crippen molar-refractivity contribution in [2.24, 2.45) is 11.8 Å². The van der Waals surface area contributed by atoms with Gasteiger partial charge in [-0.1, -0.05) is 13.8 Å². The predicted octanol–water partition coefficient (Wildman–Crippen LogP) is 3.52. The van der Waals surface area contributed by atoms with E-state index in [-0.39, 0.29) is 5.54 Å². The molecule has 1 fully saturated rings. The lowest BCUT2D eigenvalue weighted by Crippen LogP contribution is -2.44. The van der Waals surface area contributed by atoms with Crippen LogP contribution in [0.5, 0.6) is 0 Å². The topological polar surface area (TPSA) is 15.3 Å². The minimum absolute atomic E-state index is 0.264. The molecule has 0 amide bonds. The molecule has 0 bridgehead atoms. The summed E-state index contributed by atoms with van der Waals surface area (Å²) in [6.45, 7) is 16.6. The molecule has 0 aromatic rings. The molecule has 0 saturated carbocycles. The van der Waals surface area contributed by atoms with E-state index in [9.17, 15) is 0 Å². The van der Waals surface area contributed by atoms with Gasteiger partial charge in [0, 0.05) is 12.1 Å². The quantitative estimate of drug-likeness (QED) is 0.780. The molecule has 1 saturated heterocycles. The molecule has 0 spiro atoms. The van der Waals surface area contributed by atoms with E-state index in [2.05, 4.69) is 44.8 Å². The maximum Gasteiger partial charge on any atom is 0.00966 e. The molecular weight excluding hydrogens is 220 g/mol. The zero-order valence-corrected chi connectivity index (χ0v) is 13.3. The first kappa shape index (κ1) is 16.0. The third-order valence-electron chi connectivity index (χ3n) is 3.78. The molecule has 1 atom stereocenters. The Morgan fingerprint density at radius 3 is 2.61 bits per heavy atom. The third-order valence-corrected chi connectivity index (χ3v) is 3.78. The Kier molecular flexibility index (Phi) is 6.65. The highest BCUT2D eigenvalue weighted by Gasteiger charge is 2.21. The van der Waals surface area contributed by atoms with Gasteiger partial charge in [-0.3, -0.25) is 0 Å². The smallest absolute Gasteiger partial charge is 0.00966 e. The van der Waals surface area contributed by atoms with Crippen LogP contribution in [0.1, 0.15) is 60.3 Å². The molecule has 0 aliphatic carbocycles. The second-order valence-electron chi connectivity index (χ2n) is 7.48. The fourth-order valence-electron chi connectivity index (χ4n) is 2.69. The lowest BCUT2D eigenvalue weighted by Gasteiger charge is -2.34. The van der Waals surface area contributed by atoms with Crippen LogP contribution in [0.4, 0.5) is 0 Å².